The van der Waals surface area contributed by atoms with E-state index < -0.39 is 0 Å². The molecule has 6 nitrogen and oxygen atoms in total. The molecule has 1 atom stereocenters. The Bertz CT molecular complexity index is 568. The summed E-state index contributed by atoms with van der Waals surface area (Å²) in [6.07, 6.45) is 5.25. The molecule has 0 bridgehead atoms. The van der Waals surface area contributed by atoms with Crippen LogP contribution in [0.2, 0.25) is 0 Å². The van der Waals surface area contributed by atoms with Crippen molar-refractivity contribution in [2.75, 3.05) is 10.7 Å². The van der Waals surface area contributed by atoms with Crippen molar-refractivity contribution in [1.29, 1.82) is 0 Å². The van der Waals surface area contributed by atoms with Gasteiger partial charge in [-0.3, -0.25) is 0 Å². The molecular weight excluding hydrogens is 272 g/mol. The molecule has 0 aromatic carbocycles. The van der Waals surface area contributed by atoms with E-state index >= 15 is 0 Å². The predicted octanol–water partition coefficient (Wildman–Crippen LogP) is 2.52. The van der Waals surface area contributed by atoms with E-state index in [9.17, 15) is 0 Å². The van der Waals surface area contributed by atoms with E-state index in [4.69, 9.17) is 5.84 Å². The highest BCUT2D eigenvalue weighted by atomic mass is 32.1. The monoisotopic (exact) mass is 292 g/mol. The van der Waals surface area contributed by atoms with Crippen molar-refractivity contribution in [3.63, 3.8) is 0 Å². The molecule has 4 N–H and O–H groups in total. The summed E-state index contributed by atoms with van der Waals surface area (Å²) in [5.41, 5.74) is 3.59. The molecule has 2 heterocycles. The summed E-state index contributed by atoms with van der Waals surface area (Å²) in [4.78, 5) is 14.2. The minimum atomic E-state index is 0.103. The lowest BCUT2D eigenvalue weighted by Gasteiger charge is -2.16. The Hall–Kier alpha value is -1.73. The van der Waals surface area contributed by atoms with Crippen molar-refractivity contribution in [3.8, 4) is 0 Å². The second-order valence-corrected chi connectivity index (χ2v) is 5.58. The lowest BCUT2D eigenvalue weighted by molar-refractivity contribution is 0.850. The summed E-state index contributed by atoms with van der Waals surface area (Å²) >= 11 is 1.73. The van der Waals surface area contributed by atoms with Crippen molar-refractivity contribution in [3.05, 3.63) is 28.0 Å². The van der Waals surface area contributed by atoms with E-state index in [0.717, 1.165) is 29.2 Å². The molecule has 0 aliphatic rings. The molecule has 2 aromatic heterocycles. The number of rotatable bonds is 6. The van der Waals surface area contributed by atoms with Gasteiger partial charge in [-0.1, -0.05) is 13.8 Å². The first kappa shape index (κ1) is 14.7. The van der Waals surface area contributed by atoms with Gasteiger partial charge in [0.05, 0.1) is 6.04 Å². The van der Waals surface area contributed by atoms with Gasteiger partial charge in [-0.25, -0.2) is 20.8 Å². The molecule has 0 amide bonds. The van der Waals surface area contributed by atoms with Crippen LogP contribution in [0.4, 0.5) is 11.6 Å². The molecule has 7 heteroatoms. The van der Waals surface area contributed by atoms with Crippen molar-refractivity contribution >= 4 is 23.0 Å². The normalized spacial score (nSPS) is 12.2. The zero-order chi connectivity index (χ0) is 14.5. The quantitative estimate of drug-likeness (QED) is 0.560. The number of nitrogens with zero attached hydrogens (tertiary/aromatic N) is 3. The number of aryl methyl sites for hydroxylation is 1. The van der Waals surface area contributed by atoms with Crippen LogP contribution in [0.15, 0.2) is 12.5 Å². The maximum absolute atomic E-state index is 5.48. The second-order valence-electron chi connectivity index (χ2n) is 4.43. The molecule has 0 radical (unpaired) electrons. The Morgan fingerprint density at radius 2 is 1.95 bits per heavy atom. The van der Waals surface area contributed by atoms with Crippen LogP contribution < -0.4 is 16.6 Å². The first-order valence-corrected chi connectivity index (χ1v) is 7.52. The molecule has 2 aromatic rings. The van der Waals surface area contributed by atoms with Gasteiger partial charge in [-0.15, -0.1) is 11.3 Å². The van der Waals surface area contributed by atoms with Crippen molar-refractivity contribution in [2.24, 2.45) is 5.84 Å². The number of nitrogens with two attached hydrogens (primary N) is 1. The fourth-order valence-corrected chi connectivity index (χ4v) is 2.81. The van der Waals surface area contributed by atoms with Gasteiger partial charge in [0.2, 0.25) is 0 Å². The number of hydrogen-bond donors (Lipinski definition) is 3. The minimum Gasteiger partial charge on any atom is -0.361 e. The number of nitrogens with one attached hydrogen (secondary N) is 2. The highest BCUT2D eigenvalue weighted by Crippen LogP contribution is 2.26. The molecule has 20 heavy (non-hydrogen) atoms. The molecule has 2 rings (SSSR count). The molecule has 1 unspecified atom stereocenters. The van der Waals surface area contributed by atoms with Crippen LogP contribution in [-0.2, 0) is 12.8 Å². The fraction of sp³-hybridized carbons (Fsp3) is 0.462. The summed E-state index contributed by atoms with van der Waals surface area (Å²) in [5.74, 6) is 6.94. The Morgan fingerprint density at radius 3 is 2.55 bits per heavy atom. The van der Waals surface area contributed by atoms with Crippen LogP contribution in [0, 0.1) is 0 Å². The molecular formula is C13H20N6S. The summed E-state index contributed by atoms with van der Waals surface area (Å²) < 4.78 is 0. The van der Waals surface area contributed by atoms with Crippen LogP contribution in [0.5, 0.6) is 0 Å². The first-order chi connectivity index (χ1) is 9.69. The number of anilines is 2. The van der Waals surface area contributed by atoms with Crippen molar-refractivity contribution < 1.29 is 0 Å². The summed E-state index contributed by atoms with van der Waals surface area (Å²) in [6, 6.07) is 0.103. The van der Waals surface area contributed by atoms with E-state index in [0.29, 0.717) is 5.82 Å². The number of hydrazine groups is 1. The summed E-state index contributed by atoms with van der Waals surface area (Å²) in [5, 5.41) is 4.45. The third kappa shape index (κ3) is 3.05. The third-order valence-corrected chi connectivity index (χ3v) is 4.40. The van der Waals surface area contributed by atoms with Crippen LogP contribution in [0.3, 0.4) is 0 Å². The van der Waals surface area contributed by atoms with Gasteiger partial charge in [0.15, 0.2) is 0 Å². The molecule has 0 aliphatic heterocycles. The third-order valence-electron chi connectivity index (χ3n) is 3.08. The number of aromatic nitrogens is 3. The van der Waals surface area contributed by atoms with Gasteiger partial charge in [0.1, 0.15) is 23.0 Å². The van der Waals surface area contributed by atoms with E-state index in [1.165, 1.54) is 11.2 Å². The fourth-order valence-electron chi connectivity index (χ4n) is 1.95. The van der Waals surface area contributed by atoms with Gasteiger partial charge in [-0.05, 0) is 19.8 Å². The Morgan fingerprint density at radius 1 is 1.20 bits per heavy atom. The molecule has 0 saturated carbocycles. The van der Waals surface area contributed by atoms with Gasteiger partial charge in [0.25, 0.3) is 0 Å². The summed E-state index contributed by atoms with van der Waals surface area (Å²) in [7, 11) is 0. The van der Waals surface area contributed by atoms with Gasteiger partial charge >= 0.3 is 0 Å². The van der Waals surface area contributed by atoms with Crippen LogP contribution in [0.1, 0.15) is 42.3 Å². The number of thiazole rings is 1. The zero-order valence-electron chi connectivity index (χ0n) is 12.0. The van der Waals surface area contributed by atoms with Gasteiger partial charge in [-0.2, -0.15) is 0 Å². The van der Waals surface area contributed by atoms with Crippen molar-refractivity contribution in [2.45, 2.75) is 39.7 Å². The lowest BCUT2D eigenvalue weighted by atomic mass is 10.2. The number of nitrogen functional groups attached to an aromatic ring is 1. The number of hydrogen-bond acceptors (Lipinski definition) is 7. The largest absolute Gasteiger partial charge is 0.361 e. The minimum absolute atomic E-state index is 0.103. The predicted molar refractivity (Wildman–Crippen MR) is 82.7 cm³/mol. The highest BCUT2D eigenvalue weighted by molar-refractivity contribution is 7.11. The standard InChI is InChI=1S/C13H20N6S/c1-4-9-6-15-13(20-9)8(3)18-11-10(5-2)12(19-14)17-7-16-11/h6-8H,4-5,14H2,1-3H3,(H2,16,17,18,19). The zero-order valence-corrected chi connectivity index (χ0v) is 12.8. The average molecular weight is 292 g/mol. The lowest BCUT2D eigenvalue weighted by Crippen LogP contribution is -2.15. The van der Waals surface area contributed by atoms with E-state index in [2.05, 4.69) is 39.5 Å². The maximum Gasteiger partial charge on any atom is 0.148 e. The highest BCUT2D eigenvalue weighted by Gasteiger charge is 2.14. The van der Waals surface area contributed by atoms with E-state index in [1.54, 1.807) is 11.3 Å². The van der Waals surface area contributed by atoms with Crippen molar-refractivity contribution in [1.82, 2.24) is 15.0 Å². The topological polar surface area (TPSA) is 88.8 Å². The van der Waals surface area contributed by atoms with Crippen LogP contribution in [-0.4, -0.2) is 15.0 Å². The van der Waals surface area contributed by atoms with Gasteiger partial charge < -0.3 is 10.7 Å². The molecule has 0 spiro atoms. The molecule has 0 saturated heterocycles. The van der Waals surface area contributed by atoms with Crippen LogP contribution in [0.25, 0.3) is 0 Å². The molecule has 108 valence electrons. The molecule has 0 fully saturated rings. The van der Waals surface area contributed by atoms with Gasteiger partial charge in [0, 0.05) is 16.6 Å². The Kier molecular flexibility index (Phi) is 4.86. The van der Waals surface area contributed by atoms with E-state index in [1.807, 2.05) is 13.1 Å². The van der Waals surface area contributed by atoms with E-state index in [-0.39, 0.29) is 6.04 Å². The SMILES string of the molecule is CCc1cnc(C(C)Nc2ncnc(NN)c2CC)s1. The maximum atomic E-state index is 5.48. The second kappa shape index (κ2) is 6.62. The molecule has 0 aliphatic carbocycles. The summed E-state index contributed by atoms with van der Waals surface area (Å²) in [6.45, 7) is 6.26. The first-order valence-electron chi connectivity index (χ1n) is 6.71. The smallest absolute Gasteiger partial charge is 0.148 e. The average Bonchev–Trinajstić information content (AvgIpc) is 2.96. The van der Waals surface area contributed by atoms with Crippen LogP contribution >= 0.6 is 11.3 Å². The Balaban J connectivity index is 2.20. The Labute approximate surface area is 122 Å².